The fourth-order valence-corrected chi connectivity index (χ4v) is 4.09. The van der Waals surface area contributed by atoms with Crippen molar-refractivity contribution >= 4 is 23.4 Å². The van der Waals surface area contributed by atoms with Crippen LogP contribution in [0, 0.1) is 6.92 Å². The van der Waals surface area contributed by atoms with Crippen molar-refractivity contribution in [2.24, 2.45) is 0 Å². The zero-order chi connectivity index (χ0) is 19.7. The van der Waals surface area contributed by atoms with E-state index in [9.17, 15) is 9.59 Å². The van der Waals surface area contributed by atoms with Crippen LogP contribution in [0.4, 0.5) is 0 Å². The molecule has 0 N–H and O–H groups in total. The van der Waals surface area contributed by atoms with Crippen LogP contribution >= 0.6 is 11.6 Å². The molecular formula is C21H24ClN3O3. The van der Waals surface area contributed by atoms with Gasteiger partial charge in [-0.15, -0.1) is 0 Å². The van der Waals surface area contributed by atoms with Gasteiger partial charge in [0.25, 0.3) is 11.8 Å². The van der Waals surface area contributed by atoms with Gasteiger partial charge in [-0.1, -0.05) is 11.6 Å². The van der Waals surface area contributed by atoms with Crippen molar-refractivity contribution in [3.63, 3.8) is 0 Å². The Morgan fingerprint density at radius 2 is 1.61 bits per heavy atom. The largest absolute Gasteiger partial charge is 0.445 e. The summed E-state index contributed by atoms with van der Waals surface area (Å²) in [6.07, 6.45) is 3.65. The molecule has 0 aliphatic carbocycles. The summed E-state index contributed by atoms with van der Waals surface area (Å²) in [7, 11) is 0. The fourth-order valence-electron chi connectivity index (χ4n) is 3.96. The summed E-state index contributed by atoms with van der Waals surface area (Å²) >= 11 is 5.90. The standard InChI is InChI=1S/C21H24ClN3O3/c1-14-18(21(27)24-10-2-3-11-24)23-19(28-14)15-8-12-25(13-9-15)20(26)16-4-6-17(22)7-5-16/h4-7,15H,2-3,8-13H2,1H3. The van der Waals surface area contributed by atoms with Crippen LogP contribution in [0.2, 0.25) is 5.02 Å². The van der Waals surface area contributed by atoms with Crippen LogP contribution in [0.25, 0.3) is 0 Å². The molecule has 0 unspecified atom stereocenters. The number of aryl methyl sites for hydroxylation is 1. The Morgan fingerprint density at radius 3 is 2.25 bits per heavy atom. The maximum absolute atomic E-state index is 12.6. The van der Waals surface area contributed by atoms with Gasteiger partial charge in [0.05, 0.1) is 0 Å². The van der Waals surface area contributed by atoms with Crippen LogP contribution in [-0.4, -0.2) is 52.8 Å². The van der Waals surface area contributed by atoms with E-state index in [1.165, 1.54) is 0 Å². The second kappa shape index (κ2) is 7.95. The molecule has 7 heteroatoms. The molecule has 1 aromatic carbocycles. The molecule has 2 fully saturated rings. The molecule has 0 atom stereocenters. The van der Waals surface area contributed by atoms with Crippen molar-refractivity contribution in [3.05, 3.63) is 52.2 Å². The molecule has 0 spiro atoms. The predicted molar refractivity (Wildman–Crippen MR) is 106 cm³/mol. The van der Waals surface area contributed by atoms with Crippen LogP contribution in [0.5, 0.6) is 0 Å². The number of likely N-dealkylation sites (tertiary alicyclic amines) is 2. The molecule has 148 valence electrons. The highest BCUT2D eigenvalue weighted by Crippen LogP contribution is 2.30. The minimum Gasteiger partial charge on any atom is -0.445 e. The number of nitrogens with zero attached hydrogens (tertiary/aromatic N) is 3. The predicted octanol–water partition coefficient (Wildman–Crippen LogP) is 3.89. The second-order valence-corrected chi connectivity index (χ2v) is 7.97. The minimum atomic E-state index is -0.0275. The van der Waals surface area contributed by atoms with Crippen molar-refractivity contribution in [2.75, 3.05) is 26.2 Å². The number of hydrogen-bond acceptors (Lipinski definition) is 4. The van der Waals surface area contributed by atoms with E-state index in [1.807, 2.05) is 9.80 Å². The van der Waals surface area contributed by atoms with Crippen molar-refractivity contribution < 1.29 is 14.0 Å². The molecule has 28 heavy (non-hydrogen) atoms. The Hall–Kier alpha value is -2.34. The Morgan fingerprint density at radius 1 is 1.00 bits per heavy atom. The van der Waals surface area contributed by atoms with E-state index < -0.39 is 0 Å². The molecule has 0 bridgehead atoms. The number of halogens is 1. The molecule has 2 aromatic rings. The number of oxazole rings is 1. The molecule has 1 aromatic heterocycles. The number of carbonyl (C=O) groups is 2. The van der Waals surface area contributed by atoms with Gasteiger partial charge in [-0.25, -0.2) is 4.98 Å². The first-order valence-corrected chi connectivity index (χ1v) is 10.2. The topological polar surface area (TPSA) is 66.7 Å². The highest BCUT2D eigenvalue weighted by molar-refractivity contribution is 6.30. The molecule has 6 nitrogen and oxygen atoms in total. The lowest BCUT2D eigenvalue weighted by molar-refractivity contribution is 0.0705. The zero-order valence-corrected chi connectivity index (χ0v) is 16.7. The van der Waals surface area contributed by atoms with Gasteiger partial charge >= 0.3 is 0 Å². The van der Waals surface area contributed by atoms with Gasteiger partial charge in [0.1, 0.15) is 5.76 Å². The summed E-state index contributed by atoms with van der Waals surface area (Å²) in [4.78, 5) is 33.5. The maximum atomic E-state index is 12.6. The van der Waals surface area contributed by atoms with Crippen LogP contribution in [0.3, 0.4) is 0 Å². The third-order valence-electron chi connectivity index (χ3n) is 5.63. The first kappa shape index (κ1) is 19.0. The number of hydrogen-bond donors (Lipinski definition) is 0. The summed E-state index contributed by atoms with van der Waals surface area (Å²) < 4.78 is 5.85. The van der Waals surface area contributed by atoms with Crippen LogP contribution < -0.4 is 0 Å². The summed E-state index contributed by atoms with van der Waals surface area (Å²) in [5.74, 6) is 1.34. The van der Waals surface area contributed by atoms with Gasteiger partial charge in [0, 0.05) is 42.7 Å². The highest BCUT2D eigenvalue weighted by atomic mass is 35.5. The minimum absolute atomic E-state index is 0.0172. The van der Waals surface area contributed by atoms with E-state index in [-0.39, 0.29) is 17.7 Å². The smallest absolute Gasteiger partial charge is 0.276 e. The van der Waals surface area contributed by atoms with E-state index in [2.05, 4.69) is 4.98 Å². The summed E-state index contributed by atoms with van der Waals surface area (Å²) in [6, 6.07) is 6.97. The average molecular weight is 402 g/mol. The SMILES string of the molecule is Cc1oc(C2CCN(C(=O)c3ccc(Cl)cc3)CC2)nc1C(=O)N1CCCC1. The van der Waals surface area contributed by atoms with E-state index in [1.54, 1.807) is 31.2 Å². The molecular weight excluding hydrogens is 378 g/mol. The lowest BCUT2D eigenvalue weighted by Crippen LogP contribution is -2.38. The summed E-state index contributed by atoms with van der Waals surface area (Å²) in [6.45, 7) is 4.68. The molecule has 2 amide bonds. The van der Waals surface area contributed by atoms with Crippen LogP contribution in [0.15, 0.2) is 28.7 Å². The molecule has 4 rings (SSSR count). The molecule has 2 aliphatic rings. The highest BCUT2D eigenvalue weighted by Gasteiger charge is 2.30. The van der Waals surface area contributed by atoms with Crippen molar-refractivity contribution in [3.8, 4) is 0 Å². The third-order valence-corrected chi connectivity index (χ3v) is 5.88. The Bertz CT molecular complexity index is 864. The van der Waals surface area contributed by atoms with Gasteiger partial charge in [-0.2, -0.15) is 0 Å². The number of piperidine rings is 1. The lowest BCUT2D eigenvalue weighted by atomic mass is 9.96. The lowest BCUT2D eigenvalue weighted by Gasteiger charge is -2.30. The van der Waals surface area contributed by atoms with Crippen LogP contribution in [0.1, 0.15) is 64.1 Å². The Balaban J connectivity index is 1.40. The van der Waals surface area contributed by atoms with E-state index in [0.29, 0.717) is 41.0 Å². The molecule has 2 aliphatic heterocycles. The summed E-state index contributed by atoms with van der Waals surface area (Å²) in [5, 5.41) is 0.619. The first-order valence-electron chi connectivity index (χ1n) is 9.84. The van der Waals surface area contributed by atoms with Crippen molar-refractivity contribution in [1.29, 1.82) is 0 Å². The van der Waals surface area contributed by atoms with Gasteiger partial charge in [0.15, 0.2) is 11.6 Å². The maximum Gasteiger partial charge on any atom is 0.276 e. The summed E-state index contributed by atoms with van der Waals surface area (Å²) in [5.41, 5.74) is 1.09. The van der Waals surface area contributed by atoms with Crippen molar-refractivity contribution in [2.45, 2.75) is 38.5 Å². The average Bonchev–Trinajstić information content (AvgIpc) is 3.38. The van der Waals surface area contributed by atoms with Crippen LogP contribution in [-0.2, 0) is 0 Å². The van der Waals surface area contributed by atoms with E-state index in [0.717, 1.165) is 38.8 Å². The van der Waals surface area contributed by atoms with Gasteiger partial charge < -0.3 is 14.2 Å². The van der Waals surface area contributed by atoms with Gasteiger partial charge in [0.2, 0.25) is 0 Å². The van der Waals surface area contributed by atoms with Gasteiger partial charge in [-0.05, 0) is 56.9 Å². The second-order valence-electron chi connectivity index (χ2n) is 7.53. The normalized spacial score (nSPS) is 17.9. The molecule has 2 saturated heterocycles. The third kappa shape index (κ3) is 3.78. The Kier molecular flexibility index (Phi) is 5.40. The van der Waals surface area contributed by atoms with E-state index in [4.69, 9.17) is 16.0 Å². The molecule has 0 saturated carbocycles. The molecule has 3 heterocycles. The quantitative estimate of drug-likeness (QED) is 0.782. The first-order chi connectivity index (χ1) is 13.5. The monoisotopic (exact) mass is 401 g/mol. The number of rotatable bonds is 3. The number of amides is 2. The number of carbonyl (C=O) groups excluding carboxylic acids is 2. The fraction of sp³-hybridized carbons (Fsp3) is 0.476. The number of aromatic nitrogens is 1. The zero-order valence-electron chi connectivity index (χ0n) is 16.0. The van der Waals surface area contributed by atoms with Crippen molar-refractivity contribution in [1.82, 2.24) is 14.8 Å². The van der Waals surface area contributed by atoms with E-state index >= 15 is 0 Å². The van der Waals surface area contributed by atoms with Gasteiger partial charge in [-0.3, -0.25) is 9.59 Å². The number of benzene rings is 1. The molecule has 0 radical (unpaired) electrons. The Labute approximate surface area is 169 Å².